The lowest BCUT2D eigenvalue weighted by molar-refractivity contribution is 0.322. The maximum absolute atomic E-state index is 12.9. The lowest BCUT2D eigenvalue weighted by atomic mass is 10.3. The molecule has 21 heavy (non-hydrogen) atoms. The number of sulfonamides is 1. The van der Waals surface area contributed by atoms with Crippen LogP contribution in [0.1, 0.15) is 6.42 Å². The Morgan fingerprint density at radius 2 is 2.10 bits per heavy atom. The van der Waals surface area contributed by atoms with E-state index in [0.29, 0.717) is 31.0 Å². The molecule has 9 heteroatoms. The van der Waals surface area contributed by atoms with Gasteiger partial charge in [0.1, 0.15) is 5.75 Å². The molecule has 7 nitrogen and oxygen atoms in total. The molecule has 0 fully saturated rings. The van der Waals surface area contributed by atoms with Crippen molar-refractivity contribution in [1.29, 1.82) is 0 Å². The molecular formula is C12H13BrN4O3S. The first-order chi connectivity index (χ1) is 10.0. The lowest BCUT2D eigenvalue weighted by Crippen LogP contribution is -2.33. The molecule has 0 atom stereocenters. The predicted molar refractivity (Wildman–Crippen MR) is 79.8 cm³/mol. The van der Waals surface area contributed by atoms with E-state index in [1.54, 1.807) is 25.2 Å². The Hall–Kier alpha value is -1.61. The van der Waals surface area contributed by atoms with Crippen molar-refractivity contribution in [3.63, 3.8) is 0 Å². The fourth-order valence-corrected chi connectivity index (χ4v) is 4.80. The highest BCUT2D eigenvalue weighted by Crippen LogP contribution is 2.35. The Labute approximate surface area is 130 Å². The Morgan fingerprint density at radius 1 is 1.33 bits per heavy atom. The van der Waals surface area contributed by atoms with Crippen LogP contribution in [0.25, 0.3) is 0 Å². The summed E-state index contributed by atoms with van der Waals surface area (Å²) in [4.78, 5) is 0. The average Bonchev–Trinajstić information content (AvgIpc) is 2.68. The molecule has 3 rings (SSSR count). The maximum atomic E-state index is 12.9. The number of aromatic nitrogens is 3. The first-order valence-electron chi connectivity index (χ1n) is 6.31. The van der Waals surface area contributed by atoms with Gasteiger partial charge in [0.15, 0.2) is 4.60 Å². The van der Waals surface area contributed by atoms with Gasteiger partial charge in [-0.15, -0.1) is 5.10 Å². The number of fused-ring (bicyclic) bond motifs is 1. The second-order valence-corrected chi connectivity index (χ2v) is 7.08. The number of ether oxygens (including phenoxy) is 1. The van der Waals surface area contributed by atoms with E-state index in [-0.39, 0.29) is 9.63 Å². The summed E-state index contributed by atoms with van der Waals surface area (Å²) in [6.07, 6.45) is 0.608. The van der Waals surface area contributed by atoms with Gasteiger partial charge in [-0.25, -0.2) is 4.68 Å². The minimum atomic E-state index is -3.77. The molecule has 1 aromatic heterocycles. The molecule has 0 radical (unpaired) electrons. The van der Waals surface area contributed by atoms with E-state index >= 15 is 0 Å². The van der Waals surface area contributed by atoms with E-state index in [0.717, 1.165) is 0 Å². The summed E-state index contributed by atoms with van der Waals surface area (Å²) < 4.78 is 34.3. The van der Waals surface area contributed by atoms with Crippen LogP contribution in [0.5, 0.6) is 5.75 Å². The fourth-order valence-electron chi connectivity index (χ4n) is 2.25. The fraction of sp³-hybridized carbons (Fsp3) is 0.333. The number of halogens is 1. The van der Waals surface area contributed by atoms with Gasteiger partial charge >= 0.3 is 0 Å². The van der Waals surface area contributed by atoms with Crippen molar-refractivity contribution >= 4 is 31.6 Å². The molecule has 0 aliphatic carbocycles. The summed E-state index contributed by atoms with van der Waals surface area (Å²) in [5, 5.41) is 7.52. The summed E-state index contributed by atoms with van der Waals surface area (Å²) in [6.45, 7) is 0.824. The number of nitrogens with zero attached hydrogens (tertiary/aromatic N) is 4. The van der Waals surface area contributed by atoms with Gasteiger partial charge in [0.25, 0.3) is 10.0 Å². The average molecular weight is 373 g/mol. The van der Waals surface area contributed by atoms with E-state index < -0.39 is 10.0 Å². The summed E-state index contributed by atoms with van der Waals surface area (Å²) in [5.74, 6) is 0.560. The Morgan fingerprint density at radius 3 is 2.81 bits per heavy atom. The van der Waals surface area contributed by atoms with Gasteiger partial charge in [-0.3, -0.25) is 4.31 Å². The van der Waals surface area contributed by atoms with Crippen molar-refractivity contribution in [1.82, 2.24) is 15.0 Å². The lowest BCUT2D eigenvalue weighted by Gasteiger charge is -2.23. The zero-order valence-corrected chi connectivity index (χ0v) is 13.6. The Bertz CT molecular complexity index is 755. The van der Waals surface area contributed by atoms with E-state index in [1.807, 2.05) is 6.07 Å². The molecule has 2 aromatic rings. The number of aryl methyl sites for hydroxylation is 1. The van der Waals surface area contributed by atoms with Crippen LogP contribution in [-0.2, 0) is 17.1 Å². The molecule has 112 valence electrons. The molecular weight excluding hydrogens is 360 g/mol. The monoisotopic (exact) mass is 372 g/mol. The Balaban J connectivity index is 2.16. The largest absolute Gasteiger partial charge is 0.491 e. The zero-order chi connectivity index (χ0) is 15.0. The maximum Gasteiger partial charge on any atom is 0.284 e. The number of rotatable bonds is 2. The van der Waals surface area contributed by atoms with E-state index in [4.69, 9.17) is 4.74 Å². The van der Waals surface area contributed by atoms with Gasteiger partial charge in [-0.1, -0.05) is 17.3 Å². The van der Waals surface area contributed by atoms with Crippen LogP contribution in [0.4, 0.5) is 5.69 Å². The second kappa shape index (κ2) is 5.30. The summed E-state index contributed by atoms with van der Waals surface area (Å²) in [6, 6.07) is 7.10. The van der Waals surface area contributed by atoms with Crippen molar-refractivity contribution in [3.05, 3.63) is 28.9 Å². The van der Waals surface area contributed by atoms with Crippen molar-refractivity contribution in [2.24, 2.45) is 7.05 Å². The highest BCUT2D eigenvalue weighted by Gasteiger charge is 2.33. The molecule has 0 N–H and O–H groups in total. The normalized spacial score (nSPS) is 15.2. The molecule has 0 spiro atoms. The first-order valence-corrected chi connectivity index (χ1v) is 8.55. The third-order valence-electron chi connectivity index (χ3n) is 3.17. The topological polar surface area (TPSA) is 77.3 Å². The highest BCUT2D eigenvalue weighted by molar-refractivity contribution is 9.10. The van der Waals surface area contributed by atoms with Crippen LogP contribution in [0.2, 0.25) is 0 Å². The molecule has 1 aliphatic heterocycles. The van der Waals surface area contributed by atoms with Crippen molar-refractivity contribution in [2.75, 3.05) is 17.5 Å². The number of benzene rings is 1. The molecule has 1 aliphatic rings. The van der Waals surface area contributed by atoms with Crippen LogP contribution in [0.3, 0.4) is 0 Å². The van der Waals surface area contributed by atoms with Gasteiger partial charge in [0, 0.05) is 20.0 Å². The Kier molecular flexibility index (Phi) is 3.62. The number of para-hydroxylation sites is 2. The summed E-state index contributed by atoms with van der Waals surface area (Å²) in [7, 11) is -2.23. The SMILES string of the molecule is Cn1nnc(Br)c1S(=O)(=O)N1CCCOc2ccccc21. The molecule has 0 amide bonds. The standard InChI is InChI=1S/C12H13BrN4O3S/c1-16-12(11(13)14-15-16)21(18,19)17-7-4-8-20-10-6-3-2-5-9(10)17/h2-3,5-6H,4,7-8H2,1H3. The third kappa shape index (κ3) is 2.40. The first kappa shape index (κ1) is 14.3. The van der Waals surface area contributed by atoms with Gasteiger partial charge < -0.3 is 4.74 Å². The predicted octanol–water partition coefficient (Wildman–Crippen LogP) is 1.56. The van der Waals surface area contributed by atoms with Gasteiger partial charge in [-0.05, 0) is 28.1 Å². The molecule has 1 aromatic carbocycles. The van der Waals surface area contributed by atoms with Crippen molar-refractivity contribution in [3.8, 4) is 5.75 Å². The van der Waals surface area contributed by atoms with Crippen LogP contribution >= 0.6 is 15.9 Å². The van der Waals surface area contributed by atoms with Gasteiger partial charge in [0.05, 0.1) is 12.3 Å². The summed E-state index contributed by atoms with van der Waals surface area (Å²) in [5.41, 5.74) is 0.531. The minimum absolute atomic E-state index is 0.0270. The van der Waals surface area contributed by atoms with Crippen molar-refractivity contribution in [2.45, 2.75) is 11.4 Å². The molecule has 0 saturated heterocycles. The van der Waals surface area contributed by atoms with E-state index in [1.165, 1.54) is 8.99 Å². The van der Waals surface area contributed by atoms with Crippen LogP contribution in [0.15, 0.2) is 33.9 Å². The van der Waals surface area contributed by atoms with E-state index in [9.17, 15) is 8.42 Å². The quantitative estimate of drug-likeness (QED) is 0.799. The van der Waals surface area contributed by atoms with E-state index in [2.05, 4.69) is 26.2 Å². The summed E-state index contributed by atoms with van der Waals surface area (Å²) >= 11 is 3.15. The zero-order valence-electron chi connectivity index (χ0n) is 11.2. The van der Waals surface area contributed by atoms with Gasteiger partial charge in [-0.2, -0.15) is 8.42 Å². The van der Waals surface area contributed by atoms with Gasteiger partial charge in [0.2, 0.25) is 5.03 Å². The number of anilines is 1. The molecule has 0 bridgehead atoms. The molecule has 2 heterocycles. The van der Waals surface area contributed by atoms with Crippen LogP contribution in [0, 0.1) is 0 Å². The highest BCUT2D eigenvalue weighted by atomic mass is 79.9. The second-order valence-electron chi connectivity index (χ2n) is 4.56. The van der Waals surface area contributed by atoms with Crippen LogP contribution < -0.4 is 9.04 Å². The van der Waals surface area contributed by atoms with Crippen LogP contribution in [-0.4, -0.2) is 36.6 Å². The smallest absolute Gasteiger partial charge is 0.284 e. The molecule has 0 saturated carbocycles. The van der Waals surface area contributed by atoms with Crippen molar-refractivity contribution < 1.29 is 13.2 Å². The third-order valence-corrected chi connectivity index (χ3v) is 5.87. The number of hydrogen-bond donors (Lipinski definition) is 0. The molecule has 0 unspecified atom stereocenters. The number of hydrogen-bond acceptors (Lipinski definition) is 5. The minimum Gasteiger partial charge on any atom is -0.491 e.